The number of pyridine rings is 1. The standard InChI is InChI=1S/C16H13N5O2S/c1-24(22,23)15-7-3-2-6-14(15)21-11-13(10-18-21)20-16-8-4-5-12(9-17)19-16/h2-8,10-11H,1H3,(H,19,20). The number of hydrogen-bond acceptors (Lipinski definition) is 6. The van der Waals surface area contributed by atoms with Crippen molar-refractivity contribution in [1.29, 1.82) is 5.26 Å². The fraction of sp³-hybridized carbons (Fsp3) is 0.0625. The molecule has 24 heavy (non-hydrogen) atoms. The highest BCUT2D eigenvalue weighted by molar-refractivity contribution is 7.90. The van der Waals surface area contributed by atoms with Gasteiger partial charge in [-0.15, -0.1) is 0 Å². The summed E-state index contributed by atoms with van der Waals surface area (Å²) in [6.07, 6.45) is 4.37. The van der Waals surface area contributed by atoms with Crippen molar-refractivity contribution < 1.29 is 8.42 Å². The molecular formula is C16H13N5O2S. The smallest absolute Gasteiger partial charge is 0.177 e. The van der Waals surface area contributed by atoms with Crippen LogP contribution in [0.4, 0.5) is 11.5 Å². The van der Waals surface area contributed by atoms with Crippen LogP contribution in [0.3, 0.4) is 0 Å². The van der Waals surface area contributed by atoms with E-state index in [1.54, 1.807) is 48.8 Å². The molecule has 0 radical (unpaired) electrons. The summed E-state index contributed by atoms with van der Waals surface area (Å²) in [6.45, 7) is 0. The van der Waals surface area contributed by atoms with E-state index in [4.69, 9.17) is 5.26 Å². The van der Waals surface area contributed by atoms with Crippen LogP contribution in [-0.4, -0.2) is 29.4 Å². The second-order valence-electron chi connectivity index (χ2n) is 5.06. The highest BCUT2D eigenvalue weighted by atomic mass is 32.2. The van der Waals surface area contributed by atoms with Crippen LogP contribution in [0.5, 0.6) is 0 Å². The molecule has 0 bridgehead atoms. The SMILES string of the molecule is CS(=O)(=O)c1ccccc1-n1cc(Nc2cccc(C#N)n2)cn1. The third kappa shape index (κ3) is 3.26. The molecule has 0 amide bonds. The quantitative estimate of drug-likeness (QED) is 0.782. The first-order valence-electron chi connectivity index (χ1n) is 6.96. The number of sulfone groups is 1. The van der Waals surface area contributed by atoms with Crippen molar-refractivity contribution in [3.63, 3.8) is 0 Å². The Balaban J connectivity index is 1.93. The van der Waals surface area contributed by atoms with Gasteiger partial charge in [0.15, 0.2) is 9.84 Å². The van der Waals surface area contributed by atoms with Crippen molar-refractivity contribution in [1.82, 2.24) is 14.8 Å². The van der Waals surface area contributed by atoms with Crippen LogP contribution in [0.1, 0.15) is 5.69 Å². The number of benzene rings is 1. The van der Waals surface area contributed by atoms with Gasteiger partial charge in [-0.2, -0.15) is 10.4 Å². The number of anilines is 2. The molecule has 0 aliphatic rings. The molecule has 1 N–H and O–H groups in total. The van der Waals surface area contributed by atoms with Gasteiger partial charge in [-0.25, -0.2) is 18.1 Å². The van der Waals surface area contributed by atoms with Crippen molar-refractivity contribution in [3.8, 4) is 11.8 Å². The van der Waals surface area contributed by atoms with Crippen LogP contribution in [0, 0.1) is 11.3 Å². The molecular weight excluding hydrogens is 326 g/mol. The Morgan fingerprint density at radius 2 is 1.96 bits per heavy atom. The van der Waals surface area contributed by atoms with Crippen LogP contribution in [0.2, 0.25) is 0 Å². The predicted molar refractivity (Wildman–Crippen MR) is 88.9 cm³/mol. The van der Waals surface area contributed by atoms with E-state index in [2.05, 4.69) is 15.4 Å². The van der Waals surface area contributed by atoms with Gasteiger partial charge in [0.05, 0.1) is 28.7 Å². The average Bonchev–Trinajstić information content (AvgIpc) is 3.02. The summed E-state index contributed by atoms with van der Waals surface area (Å²) in [6, 6.07) is 13.7. The van der Waals surface area contributed by atoms with Crippen LogP contribution in [0.25, 0.3) is 5.69 Å². The van der Waals surface area contributed by atoms with E-state index in [9.17, 15) is 8.42 Å². The minimum atomic E-state index is -3.37. The van der Waals surface area contributed by atoms with E-state index in [-0.39, 0.29) is 4.90 Å². The summed E-state index contributed by atoms with van der Waals surface area (Å²) in [5, 5.41) is 16.1. The Kier molecular flexibility index (Phi) is 4.02. The monoisotopic (exact) mass is 339 g/mol. The lowest BCUT2D eigenvalue weighted by atomic mass is 10.3. The maximum Gasteiger partial charge on any atom is 0.177 e. The van der Waals surface area contributed by atoms with Crippen molar-refractivity contribution in [2.75, 3.05) is 11.6 Å². The summed E-state index contributed by atoms with van der Waals surface area (Å²) in [5.41, 5.74) is 1.39. The van der Waals surface area contributed by atoms with E-state index in [0.717, 1.165) is 6.26 Å². The van der Waals surface area contributed by atoms with Crippen molar-refractivity contribution in [3.05, 3.63) is 60.6 Å². The third-order valence-electron chi connectivity index (χ3n) is 3.23. The third-order valence-corrected chi connectivity index (χ3v) is 4.37. The van der Waals surface area contributed by atoms with Crippen LogP contribution in [-0.2, 0) is 9.84 Å². The molecule has 0 aliphatic heterocycles. The largest absolute Gasteiger partial charge is 0.338 e. The number of hydrogen-bond donors (Lipinski definition) is 1. The molecule has 2 heterocycles. The maximum atomic E-state index is 11.9. The number of nitrogens with zero attached hydrogens (tertiary/aromatic N) is 4. The Labute approximate surface area is 139 Å². The Bertz CT molecular complexity index is 1030. The molecule has 2 aromatic heterocycles. The van der Waals surface area contributed by atoms with E-state index in [0.29, 0.717) is 22.9 Å². The normalized spacial score (nSPS) is 11.0. The van der Waals surface area contributed by atoms with E-state index in [1.807, 2.05) is 6.07 Å². The fourth-order valence-corrected chi connectivity index (χ4v) is 3.06. The average molecular weight is 339 g/mol. The zero-order valence-corrected chi connectivity index (χ0v) is 13.5. The molecule has 0 unspecified atom stereocenters. The van der Waals surface area contributed by atoms with Gasteiger partial charge in [0.25, 0.3) is 0 Å². The predicted octanol–water partition coefficient (Wildman–Crippen LogP) is 2.29. The first-order valence-corrected chi connectivity index (χ1v) is 8.85. The highest BCUT2D eigenvalue weighted by Gasteiger charge is 2.14. The number of nitrogens with one attached hydrogen (secondary N) is 1. The summed E-state index contributed by atoms with van der Waals surface area (Å²) in [5.74, 6) is 0.505. The van der Waals surface area contributed by atoms with Crippen molar-refractivity contribution in [2.24, 2.45) is 0 Å². The minimum absolute atomic E-state index is 0.198. The Morgan fingerprint density at radius 3 is 2.71 bits per heavy atom. The molecule has 8 heteroatoms. The lowest BCUT2D eigenvalue weighted by Gasteiger charge is -2.07. The molecule has 0 aliphatic carbocycles. The number of nitriles is 1. The Hall–Kier alpha value is -3.18. The van der Waals surface area contributed by atoms with Gasteiger partial charge < -0.3 is 5.32 Å². The maximum absolute atomic E-state index is 11.9. The molecule has 0 saturated heterocycles. The van der Waals surface area contributed by atoms with Gasteiger partial charge >= 0.3 is 0 Å². The van der Waals surface area contributed by atoms with Crippen LogP contribution >= 0.6 is 0 Å². The molecule has 1 aromatic carbocycles. The highest BCUT2D eigenvalue weighted by Crippen LogP contribution is 2.21. The zero-order valence-electron chi connectivity index (χ0n) is 12.7. The van der Waals surface area contributed by atoms with Gasteiger partial charge in [-0.1, -0.05) is 18.2 Å². The minimum Gasteiger partial charge on any atom is -0.338 e. The van der Waals surface area contributed by atoms with Crippen molar-refractivity contribution >= 4 is 21.3 Å². The van der Waals surface area contributed by atoms with Gasteiger partial charge in [0, 0.05) is 6.26 Å². The molecule has 7 nitrogen and oxygen atoms in total. The van der Waals surface area contributed by atoms with E-state index < -0.39 is 9.84 Å². The van der Waals surface area contributed by atoms with Crippen molar-refractivity contribution in [2.45, 2.75) is 4.90 Å². The second kappa shape index (κ2) is 6.14. The second-order valence-corrected chi connectivity index (χ2v) is 7.04. The summed E-state index contributed by atoms with van der Waals surface area (Å²) in [7, 11) is -3.37. The van der Waals surface area contributed by atoms with Crippen LogP contribution < -0.4 is 5.32 Å². The van der Waals surface area contributed by atoms with Gasteiger partial charge in [-0.05, 0) is 24.3 Å². The number of aromatic nitrogens is 3. The Morgan fingerprint density at radius 1 is 1.17 bits per heavy atom. The van der Waals surface area contributed by atoms with Crippen LogP contribution in [0.15, 0.2) is 59.8 Å². The topological polar surface area (TPSA) is 101 Å². The molecule has 3 aromatic rings. The molecule has 0 atom stereocenters. The number of rotatable bonds is 4. The molecule has 3 rings (SSSR count). The fourth-order valence-electron chi connectivity index (χ4n) is 2.19. The molecule has 0 spiro atoms. The summed E-state index contributed by atoms with van der Waals surface area (Å²) >= 11 is 0. The van der Waals surface area contributed by atoms with Gasteiger partial charge in [-0.3, -0.25) is 0 Å². The lowest BCUT2D eigenvalue weighted by Crippen LogP contribution is -2.05. The van der Waals surface area contributed by atoms with E-state index >= 15 is 0 Å². The molecule has 0 saturated carbocycles. The first-order chi connectivity index (χ1) is 11.5. The first kappa shape index (κ1) is 15.7. The van der Waals surface area contributed by atoms with E-state index in [1.165, 1.54) is 10.7 Å². The summed E-state index contributed by atoms with van der Waals surface area (Å²) < 4.78 is 25.3. The lowest BCUT2D eigenvalue weighted by molar-refractivity contribution is 0.600. The molecule has 120 valence electrons. The number of para-hydroxylation sites is 1. The summed E-state index contributed by atoms with van der Waals surface area (Å²) in [4.78, 5) is 4.32. The molecule has 0 fully saturated rings. The van der Waals surface area contributed by atoms with Gasteiger partial charge in [0.1, 0.15) is 17.6 Å². The van der Waals surface area contributed by atoms with Gasteiger partial charge in [0.2, 0.25) is 0 Å². The zero-order chi connectivity index (χ0) is 17.2.